The first-order valence-electron chi connectivity index (χ1n) is 13.3. The van der Waals surface area contributed by atoms with Crippen LogP contribution in [-0.4, -0.2) is 33.9 Å². The van der Waals surface area contributed by atoms with Crippen molar-refractivity contribution in [2.24, 2.45) is 0 Å². The monoisotopic (exact) mass is 545 g/mol. The van der Waals surface area contributed by atoms with Gasteiger partial charge in [-0.05, 0) is 60.4 Å². The van der Waals surface area contributed by atoms with Gasteiger partial charge in [0, 0.05) is 17.6 Å². The maximum atomic E-state index is 14.3. The van der Waals surface area contributed by atoms with Crippen molar-refractivity contribution in [1.29, 1.82) is 0 Å². The summed E-state index contributed by atoms with van der Waals surface area (Å²) in [4.78, 5) is 34.7. The van der Waals surface area contributed by atoms with Crippen molar-refractivity contribution < 1.29 is 19.4 Å². The molecule has 2 N–H and O–H groups in total. The van der Waals surface area contributed by atoms with E-state index in [1.54, 1.807) is 18.2 Å². The normalized spacial score (nSPS) is 11.6. The largest absolute Gasteiger partial charge is 0.504 e. The number of aromatic hydroxyl groups is 1. The minimum Gasteiger partial charge on any atom is -0.504 e. The Hall–Kier alpha value is -5.17. The van der Waals surface area contributed by atoms with E-state index in [0.717, 1.165) is 22.1 Å². The maximum absolute atomic E-state index is 14.3. The fourth-order valence-corrected chi connectivity index (χ4v) is 4.93. The summed E-state index contributed by atoms with van der Waals surface area (Å²) in [5.74, 6) is -0.681. The van der Waals surface area contributed by atoms with Gasteiger partial charge in [0.1, 0.15) is 11.7 Å². The average molecular weight is 546 g/mol. The fourth-order valence-electron chi connectivity index (χ4n) is 4.93. The molecular formula is C34H31N3O4. The molecule has 41 heavy (non-hydrogen) atoms. The summed E-state index contributed by atoms with van der Waals surface area (Å²) in [7, 11) is 1.44. The van der Waals surface area contributed by atoms with Gasteiger partial charge in [-0.2, -0.15) is 0 Å². The second-order valence-corrected chi connectivity index (χ2v) is 9.90. The zero-order valence-electron chi connectivity index (χ0n) is 23.2. The Balaban J connectivity index is 1.65. The second-order valence-electron chi connectivity index (χ2n) is 9.90. The van der Waals surface area contributed by atoms with Crippen LogP contribution >= 0.6 is 0 Å². The fraction of sp³-hybridized carbons (Fsp3) is 0.147. The molecule has 5 rings (SSSR count). The van der Waals surface area contributed by atoms with E-state index in [9.17, 15) is 14.7 Å². The lowest BCUT2D eigenvalue weighted by Gasteiger charge is -2.32. The van der Waals surface area contributed by atoms with Gasteiger partial charge in [0.2, 0.25) is 0 Å². The van der Waals surface area contributed by atoms with Gasteiger partial charge < -0.3 is 20.1 Å². The quantitative estimate of drug-likeness (QED) is 0.230. The third-order valence-corrected chi connectivity index (χ3v) is 7.08. The number of nitrogens with zero attached hydrogens (tertiary/aromatic N) is 2. The zero-order valence-corrected chi connectivity index (χ0v) is 23.2. The van der Waals surface area contributed by atoms with Crippen LogP contribution in [0.25, 0.3) is 10.9 Å². The van der Waals surface area contributed by atoms with Crippen molar-refractivity contribution in [3.8, 4) is 11.5 Å². The number of amides is 2. The van der Waals surface area contributed by atoms with Gasteiger partial charge >= 0.3 is 0 Å². The lowest BCUT2D eigenvalue weighted by Crippen LogP contribution is -2.41. The summed E-state index contributed by atoms with van der Waals surface area (Å²) in [6.45, 7) is 3.99. The van der Waals surface area contributed by atoms with Gasteiger partial charge in [-0.25, -0.2) is 4.98 Å². The molecule has 0 radical (unpaired) electrons. The van der Waals surface area contributed by atoms with Crippen molar-refractivity contribution in [2.45, 2.75) is 26.4 Å². The number of ether oxygens (including phenoxy) is 1. The van der Waals surface area contributed by atoms with Gasteiger partial charge in [0.05, 0.1) is 12.6 Å². The summed E-state index contributed by atoms with van der Waals surface area (Å²) in [5, 5.41) is 14.3. The number of hydrogen-bond donors (Lipinski definition) is 2. The molecule has 0 saturated heterocycles. The SMILES string of the molecule is COc1cc([C@@H](C(=O)Nc2c(C)cccc2C)N(Cc2ccccc2)C(=O)c2ccc3ccccc3n2)ccc1O. The van der Waals surface area contributed by atoms with Crippen molar-refractivity contribution in [2.75, 3.05) is 12.4 Å². The topological polar surface area (TPSA) is 91.8 Å². The Morgan fingerprint density at radius 1 is 0.878 bits per heavy atom. The van der Waals surface area contributed by atoms with Crippen molar-refractivity contribution >= 4 is 28.4 Å². The van der Waals surface area contributed by atoms with Crippen molar-refractivity contribution in [3.05, 3.63) is 131 Å². The molecule has 1 heterocycles. The Morgan fingerprint density at radius 2 is 1.59 bits per heavy atom. The number of para-hydroxylation sites is 2. The Bertz CT molecular complexity index is 1700. The Kier molecular flexibility index (Phi) is 7.97. The molecule has 4 aromatic carbocycles. The average Bonchev–Trinajstić information content (AvgIpc) is 2.99. The summed E-state index contributed by atoms with van der Waals surface area (Å²) < 4.78 is 5.37. The van der Waals surface area contributed by atoms with Crippen LogP contribution in [0, 0.1) is 13.8 Å². The third-order valence-electron chi connectivity index (χ3n) is 7.08. The summed E-state index contributed by atoms with van der Waals surface area (Å²) >= 11 is 0. The standard InChI is InChI=1S/C34H31N3O4/c1-22-10-9-11-23(2)31(22)36-33(39)32(26-17-19-29(38)30(20-26)41-3)37(21-24-12-5-4-6-13-24)34(40)28-18-16-25-14-7-8-15-27(25)35-28/h4-20,32,38H,21H2,1-3H3,(H,36,39)/t32-/m0/s1. The van der Waals surface area contributed by atoms with E-state index in [2.05, 4.69) is 10.3 Å². The number of carbonyl (C=O) groups excluding carboxylic acids is 2. The van der Waals surface area contributed by atoms with Crippen LogP contribution in [0.2, 0.25) is 0 Å². The van der Waals surface area contributed by atoms with Crippen LogP contribution in [0.4, 0.5) is 5.69 Å². The minimum absolute atomic E-state index is 0.0673. The Morgan fingerprint density at radius 3 is 2.32 bits per heavy atom. The molecule has 0 saturated carbocycles. The predicted octanol–water partition coefficient (Wildman–Crippen LogP) is 6.59. The van der Waals surface area contributed by atoms with Gasteiger partial charge in [-0.15, -0.1) is 0 Å². The summed E-state index contributed by atoms with van der Waals surface area (Å²) in [6.07, 6.45) is 0. The van der Waals surface area contributed by atoms with Gasteiger partial charge in [0.25, 0.3) is 11.8 Å². The number of methoxy groups -OCH3 is 1. The molecule has 0 aliphatic heterocycles. The van der Waals surface area contributed by atoms with Crippen LogP contribution in [-0.2, 0) is 11.3 Å². The lowest BCUT2D eigenvalue weighted by atomic mass is 10.0. The number of carbonyl (C=O) groups is 2. The molecule has 1 aromatic heterocycles. The summed E-state index contributed by atoms with van der Waals surface area (Å²) in [6, 6.07) is 30.0. The minimum atomic E-state index is -1.08. The number of pyridine rings is 1. The molecule has 2 amide bonds. The van der Waals surface area contributed by atoms with E-state index in [-0.39, 0.29) is 23.7 Å². The predicted molar refractivity (Wildman–Crippen MR) is 160 cm³/mol. The molecule has 206 valence electrons. The molecule has 0 bridgehead atoms. The highest BCUT2D eigenvalue weighted by molar-refractivity contribution is 6.02. The molecule has 0 spiro atoms. The molecule has 5 aromatic rings. The number of phenols is 1. The first-order valence-corrected chi connectivity index (χ1v) is 13.3. The highest BCUT2D eigenvalue weighted by Crippen LogP contribution is 2.34. The van der Waals surface area contributed by atoms with Crippen LogP contribution in [0.15, 0.2) is 103 Å². The van der Waals surface area contributed by atoms with Gasteiger partial charge in [-0.1, -0.05) is 78.9 Å². The molecule has 1 atom stereocenters. The first kappa shape index (κ1) is 27.4. The van der Waals surface area contributed by atoms with E-state index in [4.69, 9.17) is 4.74 Å². The zero-order chi connectivity index (χ0) is 28.9. The molecule has 7 nitrogen and oxygen atoms in total. The highest BCUT2D eigenvalue weighted by atomic mass is 16.5. The van der Waals surface area contributed by atoms with Gasteiger partial charge in [-0.3, -0.25) is 9.59 Å². The van der Waals surface area contributed by atoms with Crippen LogP contribution in [0.1, 0.15) is 38.8 Å². The highest BCUT2D eigenvalue weighted by Gasteiger charge is 2.34. The number of hydrogen-bond acceptors (Lipinski definition) is 5. The number of nitrogens with one attached hydrogen (secondary N) is 1. The van der Waals surface area contributed by atoms with Crippen LogP contribution < -0.4 is 10.1 Å². The number of fused-ring (bicyclic) bond motifs is 1. The van der Waals surface area contributed by atoms with E-state index >= 15 is 0 Å². The number of anilines is 1. The summed E-state index contributed by atoms with van der Waals surface area (Å²) in [5.41, 5.74) is 4.71. The molecule has 0 unspecified atom stereocenters. The number of aryl methyl sites for hydroxylation is 2. The molecule has 0 fully saturated rings. The van der Waals surface area contributed by atoms with Crippen LogP contribution in [0.5, 0.6) is 11.5 Å². The third kappa shape index (κ3) is 5.89. The van der Waals surface area contributed by atoms with Crippen molar-refractivity contribution in [1.82, 2.24) is 9.88 Å². The number of benzene rings is 4. The number of phenolic OH excluding ortho intramolecular Hbond substituents is 1. The molecule has 7 heteroatoms. The van der Waals surface area contributed by atoms with E-state index in [0.29, 0.717) is 16.8 Å². The maximum Gasteiger partial charge on any atom is 0.273 e. The number of rotatable bonds is 8. The van der Waals surface area contributed by atoms with Gasteiger partial charge in [0.15, 0.2) is 11.5 Å². The first-order chi connectivity index (χ1) is 19.9. The molecule has 0 aliphatic carbocycles. The van der Waals surface area contributed by atoms with E-state index in [1.807, 2.05) is 92.7 Å². The van der Waals surface area contributed by atoms with E-state index < -0.39 is 17.9 Å². The van der Waals surface area contributed by atoms with E-state index in [1.165, 1.54) is 18.1 Å². The smallest absolute Gasteiger partial charge is 0.273 e. The number of aromatic nitrogens is 1. The van der Waals surface area contributed by atoms with Crippen LogP contribution in [0.3, 0.4) is 0 Å². The Labute approximate surface area is 239 Å². The van der Waals surface area contributed by atoms with Crippen molar-refractivity contribution in [3.63, 3.8) is 0 Å². The molecule has 0 aliphatic rings. The second kappa shape index (κ2) is 11.9. The lowest BCUT2D eigenvalue weighted by molar-refractivity contribution is -0.121. The molecular weight excluding hydrogens is 514 g/mol.